The van der Waals surface area contributed by atoms with Crippen LogP contribution in [0.15, 0.2) is 6.33 Å². The second-order valence-corrected chi connectivity index (χ2v) is 4.59. The Balaban J connectivity index is 2.78. The third-order valence-electron chi connectivity index (χ3n) is 2.65. The second kappa shape index (κ2) is 6.51. The van der Waals surface area contributed by atoms with Crippen molar-refractivity contribution in [2.45, 2.75) is 39.7 Å². The van der Waals surface area contributed by atoms with E-state index in [4.69, 9.17) is 10.6 Å². The topological polar surface area (TPSA) is 85.1 Å². The third-order valence-corrected chi connectivity index (χ3v) is 2.65. The van der Waals surface area contributed by atoms with Gasteiger partial charge in [-0.05, 0) is 27.2 Å². The van der Waals surface area contributed by atoms with Crippen LogP contribution in [0.4, 0.5) is 11.6 Å². The monoisotopic (exact) mass is 253 g/mol. The Labute approximate surface area is 108 Å². The molecule has 0 aliphatic heterocycles. The van der Waals surface area contributed by atoms with Crippen molar-refractivity contribution in [3.05, 3.63) is 11.9 Å². The van der Waals surface area contributed by atoms with Crippen LogP contribution in [0.5, 0.6) is 0 Å². The minimum absolute atomic E-state index is 0.235. The number of ether oxygens (including phenoxy) is 1. The van der Waals surface area contributed by atoms with Crippen LogP contribution in [-0.4, -0.2) is 28.7 Å². The highest BCUT2D eigenvalue weighted by Crippen LogP contribution is 2.20. The maximum absolute atomic E-state index is 5.63. The number of nitrogens with one attached hydrogen (secondary N) is 2. The normalized spacial score (nSPS) is 11.4. The molecule has 6 heteroatoms. The number of hydrazine groups is 1. The maximum Gasteiger partial charge on any atom is 0.148 e. The van der Waals surface area contributed by atoms with Crippen molar-refractivity contribution in [2.75, 3.05) is 23.9 Å². The van der Waals surface area contributed by atoms with Crippen LogP contribution in [0.1, 0.15) is 33.3 Å². The van der Waals surface area contributed by atoms with E-state index in [0.29, 0.717) is 19.0 Å². The fourth-order valence-electron chi connectivity index (χ4n) is 1.76. The number of hydrogen-bond donors (Lipinski definition) is 3. The molecule has 0 amide bonds. The van der Waals surface area contributed by atoms with Crippen LogP contribution in [0.2, 0.25) is 0 Å². The molecule has 6 nitrogen and oxygen atoms in total. The van der Waals surface area contributed by atoms with Crippen LogP contribution >= 0.6 is 0 Å². The van der Waals surface area contributed by atoms with Gasteiger partial charge in [0.15, 0.2) is 0 Å². The smallest absolute Gasteiger partial charge is 0.148 e. The summed E-state index contributed by atoms with van der Waals surface area (Å²) >= 11 is 0. The van der Waals surface area contributed by atoms with Crippen molar-refractivity contribution < 1.29 is 4.74 Å². The molecule has 0 bridgehead atoms. The van der Waals surface area contributed by atoms with E-state index in [1.807, 2.05) is 27.7 Å². The zero-order valence-corrected chi connectivity index (χ0v) is 11.6. The van der Waals surface area contributed by atoms with Gasteiger partial charge in [-0.3, -0.25) is 0 Å². The van der Waals surface area contributed by atoms with Gasteiger partial charge in [-0.1, -0.05) is 6.92 Å². The molecule has 0 unspecified atom stereocenters. The molecule has 0 radical (unpaired) electrons. The molecule has 0 aliphatic rings. The zero-order valence-electron chi connectivity index (χ0n) is 11.6. The van der Waals surface area contributed by atoms with Gasteiger partial charge in [-0.2, -0.15) is 0 Å². The summed E-state index contributed by atoms with van der Waals surface area (Å²) in [5.74, 6) is 6.89. The molecule has 0 saturated heterocycles. The number of nitrogen functional groups attached to an aromatic ring is 1. The molecular formula is C12H23N5O. The van der Waals surface area contributed by atoms with E-state index >= 15 is 0 Å². The van der Waals surface area contributed by atoms with Crippen LogP contribution < -0.4 is 16.6 Å². The fourth-order valence-corrected chi connectivity index (χ4v) is 1.76. The lowest BCUT2D eigenvalue weighted by Gasteiger charge is -2.25. The van der Waals surface area contributed by atoms with E-state index in [-0.39, 0.29) is 5.60 Å². The number of aromatic nitrogens is 2. The molecule has 0 fully saturated rings. The first-order valence-corrected chi connectivity index (χ1v) is 6.22. The van der Waals surface area contributed by atoms with Crippen molar-refractivity contribution in [1.82, 2.24) is 9.97 Å². The Morgan fingerprint density at radius 1 is 1.28 bits per heavy atom. The maximum atomic E-state index is 5.63. The molecule has 4 N–H and O–H groups in total. The van der Waals surface area contributed by atoms with Crippen LogP contribution in [-0.2, 0) is 11.2 Å². The van der Waals surface area contributed by atoms with Crippen molar-refractivity contribution in [1.29, 1.82) is 0 Å². The average Bonchev–Trinajstić information content (AvgIpc) is 2.35. The quantitative estimate of drug-likeness (QED) is 0.505. The molecule has 18 heavy (non-hydrogen) atoms. The van der Waals surface area contributed by atoms with Crippen LogP contribution in [0.3, 0.4) is 0 Å². The SMILES string of the molecule is CCOC(C)(C)CNc1ncnc(NN)c1CC. The fraction of sp³-hybridized carbons (Fsp3) is 0.667. The molecule has 1 rings (SSSR count). The molecule has 102 valence electrons. The Morgan fingerprint density at radius 3 is 2.50 bits per heavy atom. The molecule has 0 aromatic carbocycles. The van der Waals surface area contributed by atoms with Crippen molar-refractivity contribution in [3.8, 4) is 0 Å². The lowest BCUT2D eigenvalue weighted by atomic mass is 10.1. The van der Waals surface area contributed by atoms with Crippen molar-refractivity contribution in [3.63, 3.8) is 0 Å². The van der Waals surface area contributed by atoms with Crippen LogP contribution in [0.25, 0.3) is 0 Å². The largest absolute Gasteiger partial charge is 0.374 e. The lowest BCUT2D eigenvalue weighted by Crippen LogP contribution is -2.34. The summed E-state index contributed by atoms with van der Waals surface area (Å²) in [5, 5.41) is 3.29. The summed E-state index contributed by atoms with van der Waals surface area (Å²) in [5.41, 5.74) is 3.33. The summed E-state index contributed by atoms with van der Waals surface area (Å²) in [4.78, 5) is 8.34. The summed E-state index contributed by atoms with van der Waals surface area (Å²) < 4.78 is 5.63. The van der Waals surface area contributed by atoms with Gasteiger partial charge in [0.1, 0.15) is 18.0 Å². The van der Waals surface area contributed by atoms with Gasteiger partial charge in [0.05, 0.1) is 5.60 Å². The molecule has 0 saturated carbocycles. The molecule has 0 atom stereocenters. The first-order chi connectivity index (χ1) is 8.54. The molecule has 0 spiro atoms. The minimum Gasteiger partial charge on any atom is -0.374 e. The summed E-state index contributed by atoms with van der Waals surface area (Å²) in [6.07, 6.45) is 2.29. The van der Waals surface area contributed by atoms with E-state index < -0.39 is 0 Å². The molecule has 1 aromatic heterocycles. The van der Waals surface area contributed by atoms with Crippen molar-refractivity contribution in [2.24, 2.45) is 5.84 Å². The summed E-state index contributed by atoms with van der Waals surface area (Å²) in [6, 6.07) is 0. The number of nitrogens with two attached hydrogens (primary N) is 1. The lowest BCUT2D eigenvalue weighted by molar-refractivity contribution is 0.000631. The van der Waals surface area contributed by atoms with E-state index in [1.54, 1.807) is 0 Å². The number of hydrogen-bond acceptors (Lipinski definition) is 6. The molecule has 1 heterocycles. The Hall–Kier alpha value is -1.40. The van der Waals surface area contributed by atoms with Gasteiger partial charge in [0, 0.05) is 18.7 Å². The van der Waals surface area contributed by atoms with Crippen LogP contribution in [0, 0.1) is 0 Å². The van der Waals surface area contributed by atoms with Gasteiger partial charge < -0.3 is 15.5 Å². The third kappa shape index (κ3) is 3.82. The standard InChI is InChI=1S/C12H23N5O/c1-5-9-10(15-8-16-11(9)17-13)14-7-12(3,4)18-6-2/h8H,5-7,13H2,1-4H3,(H2,14,15,16,17). The van der Waals surface area contributed by atoms with Gasteiger partial charge in [-0.15, -0.1) is 0 Å². The summed E-state index contributed by atoms with van der Waals surface area (Å²) in [6.45, 7) is 9.47. The Kier molecular flexibility index (Phi) is 5.30. The highest BCUT2D eigenvalue weighted by Gasteiger charge is 2.18. The minimum atomic E-state index is -0.235. The predicted molar refractivity (Wildman–Crippen MR) is 73.4 cm³/mol. The Bertz CT molecular complexity index is 381. The number of nitrogens with zero attached hydrogens (tertiary/aromatic N) is 2. The molecule has 0 aliphatic carbocycles. The first-order valence-electron chi connectivity index (χ1n) is 6.22. The summed E-state index contributed by atoms with van der Waals surface area (Å²) in [7, 11) is 0. The highest BCUT2D eigenvalue weighted by atomic mass is 16.5. The van der Waals surface area contributed by atoms with E-state index in [1.165, 1.54) is 6.33 Å². The first kappa shape index (κ1) is 14.7. The number of rotatable bonds is 7. The Morgan fingerprint density at radius 2 is 1.94 bits per heavy atom. The highest BCUT2D eigenvalue weighted by molar-refractivity contribution is 5.56. The predicted octanol–water partition coefficient (Wildman–Crippen LogP) is 1.55. The second-order valence-electron chi connectivity index (χ2n) is 4.59. The van der Waals surface area contributed by atoms with E-state index in [9.17, 15) is 0 Å². The number of anilines is 2. The average molecular weight is 253 g/mol. The van der Waals surface area contributed by atoms with E-state index in [0.717, 1.165) is 17.8 Å². The molecular weight excluding hydrogens is 230 g/mol. The van der Waals surface area contributed by atoms with Gasteiger partial charge >= 0.3 is 0 Å². The zero-order chi connectivity index (χ0) is 13.6. The van der Waals surface area contributed by atoms with Gasteiger partial charge in [0.2, 0.25) is 0 Å². The van der Waals surface area contributed by atoms with E-state index in [2.05, 4.69) is 20.7 Å². The van der Waals surface area contributed by atoms with Gasteiger partial charge in [0.25, 0.3) is 0 Å². The van der Waals surface area contributed by atoms with Gasteiger partial charge in [-0.25, -0.2) is 15.8 Å². The van der Waals surface area contributed by atoms with Crippen molar-refractivity contribution >= 4 is 11.6 Å². The molecule has 1 aromatic rings.